The zero-order valence-electron chi connectivity index (χ0n) is 11.2. The molecule has 102 valence electrons. The van der Waals surface area contributed by atoms with Gasteiger partial charge in [0.15, 0.2) is 0 Å². The minimum absolute atomic E-state index is 0.117. The molecule has 1 aromatic carbocycles. The van der Waals surface area contributed by atoms with Crippen molar-refractivity contribution in [3.63, 3.8) is 0 Å². The molecule has 0 radical (unpaired) electrons. The summed E-state index contributed by atoms with van der Waals surface area (Å²) in [5.74, 6) is 6.39. The van der Waals surface area contributed by atoms with Crippen molar-refractivity contribution in [2.45, 2.75) is 19.4 Å². The third-order valence-corrected chi connectivity index (χ3v) is 3.46. The van der Waals surface area contributed by atoms with Crippen LogP contribution < -0.4 is 0 Å². The van der Waals surface area contributed by atoms with E-state index in [1.165, 1.54) is 5.56 Å². The monoisotopic (exact) mass is 259 g/mol. The van der Waals surface area contributed by atoms with Gasteiger partial charge < -0.3 is 10.2 Å². The smallest absolute Gasteiger partial charge is 0.0540 e. The first-order valence-corrected chi connectivity index (χ1v) is 6.83. The SMILES string of the molecule is OCCC#Cc1ccc(CN2CCC(CO)C2)cc1. The Morgan fingerprint density at radius 1 is 1.21 bits per heavy atom. The van der Waals surface area contributed by atoms with Gasteiger partial charge in [0.1, 0.15) is 0 Å². The van der Waals surface area contributed by atoms with Crippen LogP contribution in [0.5, 0.6) is 0 Å². The Morgan fingerprint density at radius 2 is 2.00 bits per heavy atom. The van der Waals surface area contributed by atoms with Crippen molar-refractivity contribution in [1.29, 1.82) is 0 Å². The average Bonchev–Trinajstić information content (AvgIpc) is 2.89. The molecule has 0 aromatic heterocycles. The highest BCUT2D eigenvalue weighted by molar-refractivity contribution is 5.36. The van der Waals surface area contributed by atoms with Crippen LogP contribution in [-0.4, -0.2) is 41.4 Å². The quantitative estimate of drug-likeness (QED) is 0.800. The number of rotatable bonds is 4. The normalized spacial score (nSPS) is 19.2. The molecule has 1 saturated heterocycles. The Balaban J connectivity index is 1.87. The van der Waals surface area contributed by atoms with E-state index < -0.39 is 0 Å². The molecule has 2 rings (SSSR count). The molecule has 0 bridgehead atoms. The van der Waals surface area contributed by atoms with Crippen molar-refractivity contribution in [3.05, 3.63) is 35.4 Å². The van der Waals surface area contributed by atoms with E-state index in [0.717, 1.165) is 31.6 Å². The number of hydrogen-bond donors (Lipinski definition) is 2. The van der Waals surface area contributed by atoms with Crippen LogP contribution in [0.1, 0.15) is 24.0 Å². The van der Waals surface area contributed by atoms with E-state index in [2.05, 4.69) is 28.9 Å². The first-order chi connectivity index (χ1) is 9.31. The van der Waals surface area contributed by atoms with Gasteiger partial charge in [0.2, 0.25) is 0 Å². The second-order valence-electron chi connectivity index (χ2n) is 5.04. The van der Waals surface area contributed by atoms with Gasteiger partial charge in [-0.2, -0.15) is 0 Å². The molecule has 3 nitrogen and oxygen atoms in total. The van der Waals surface area contributed by atoms with Crippen LogP contribution in [0.15, 0.2) is 24.3 Å². The van der Waals surface area contributed by atoms with Gasteiger partial charge >= 0.3 is 0 Å². The Morgan fingerprint density at radius 3 is 2.63 bits per heavy atom. The lowest BCUT2D eigenvalue weighted by Gasteiger charge is -2.15. The first kappa shape index (κ1) is 14.1. The van der Waals surface area contributed by atoms with Crippen LogP contribution >= 0.6 is 0 Å². The number of nitrogens with zero attached hydrogens (tertiary/aromatic N) is 1. The third-order valence-electron chi connectivity index (χ3n) is 3.46. The van der Waals surface area contributed by atoms with E-state index >= 15 is 0 Å². The molecule has 1 atom stereocenters. The van der Waals surface area contributed by atoms with Gasteiger partial charge in [-0.15, -0.1) is 0 Å². The van der Waals surface area contributed by atoms with Crippen molar-refractivity contribution in [2.24, 2.45) is 5.92 Å². The molecule has 1 aromatic rings. The summed E-state index contributed by atoms with van der Waals surface area (Å²) in [6, 6.07) is 8.27. The van der Waals surface area contributed by atoms with Gasteiger partial charge in [-0.25, -0.2) is 0 Å². The van der Waals surface area contributed by atoms with Gasteiger partial charge in [-0.05, 0) is 36.6 Å². The summed E-state index contributed by atoms with van der Waals surface area (Å²) >= 11 is 0. The minimum Gasteiger partial charge on any atom is -0.396 e. The average molecular weight is 259 g/mol. The fourth-order valence-electron chi connectivity index (χ4n) is 2.38. The minimum atomic E-state index is 0.117. The van der Waals surface area contributed by atoms with Crippen molar-refractivity contribution < 1.29 is 10.2 Å². The molecule has 0 spiro atoms. The molecular formula is C16H21NO2. The highest BCUT2D eigenvalue weighted by Crippen LogP contribution is 2.18. The fraction of sp³-hybridized carbons (Fsp3) is 0.500. The van der Waals surface area contributed by atoms with Crippen LogP contribution in [0.2, 0.25) is 0 Å². The van der Waals surface area contributed by atoms with Crippen molar-refractivity contribution in [3.8, 4) is 11.8 Å². The van der Waals surface area contributed by atoms with E-state index in [1.54, 1.807) is 0 Å². The maximum atomic E-state index is 9.13. The molecular weight excluding hydrogens is 238 g/mol. The van der Waals surface area contributed by atoms with Gasteiger partial charge in [-0.3, -0.25) is 4.90 Å². The van der Waals surface area contributed by atoms with Crippen molar-refractivity contribution in [1.82, 2.24) is 4.90 Å². The molecule has 1 aliphatic heterocycles. The van der Waals surface area contributed by atoms with Crippen molar-refractivity contribution >= 4 is 0 Å². The third kappa shape index (κ3) is 4.36. The number of likely N-dealkylation sites (tertiary alicyclic amines) is 1. The van der Waals surface area contributed by atoms with E-state index in [-0.39, 0.29) is 6.61 Å². The zero-order valence-corrected chi connectivity index (χ0v) is 11.2. The van der Waals surface area contributed by atoms with Gasteiger partial charge in [0.05, 0.1) is 6.61 Å². The second-order valence-corrected chi connectivity index (χ2v) is 5.04. The van der Waals surface area contributed by atoms with Gasteiger partial charge in [0, 0.05) is 31.7 Å². The Hall–Kier alpha value is -1.34. The van der Waals surface area contributed by atoms with Crippen LogP contribution in [0, 0.1) is 17.8 Å². The van der Waals surface area contributed by atoms with Crippen molar-refractivity contribution in [2.75, 3.05) is 26.3 Å². The summed E-state index contributed by atoms with van der Waals surface area (Å²) in [5.41, 5.74) is 2.28. The molecule has 0 aliphatic carbocycles. The molecule has 3 heteroatoms. The lowest BCUT2D eigenvalue weighted by atomic mass is 10.1. The Kier molecular flexibility index (Phi) is 5.41. The number of benzene rings is 1. The van der Waals surface area contributed by atoms with E-state index in [9.17, 15) is 0 Å². The second kappa shape index (κ2) is 7.30. The predicted molar refractivity (Wildman–Crippen MR) is 75.5 cm³/mol. The molecule has 2 N–H and O–H groups in total. The summed E-state index contributed by atoms with van der Waals surface area (Å²) < 4.78 is 0. The summed E-state index contributed by atoms with van der Waals surface area (Å²) in [4.78, 5) is 2.38. The van der Waals surface area contributed by atoms with Crippen LogP contribution in [-0.2, 0) is 6.54 Å². The van der Waals surface area contributed by atoms with Crippen LogP contribution in [0.25, 0.3) is 0 Å². The summed E-state index contributed by atoms with van der Waals surface area (Å²) in [7, 11) is 0. The number of hydrogen-bond acceptors (Lipinski definition) is 3. The standard InChI is InChI=1S/C16H21NO2/c18-10-2-1-3-14-4-6-15(7-5-14)11-17-9-8-16(12-17)13-19/h4-7,16,18-19H,2,8-13H2. The molecule has 19 heavy (non-hydrogen) atoms. The maximum absolute atomic E-state index is 9.13. The predicted octanol–water partition coefficient (Wildman–Crippen LogP) is 1.23. The van der Waals surface area contributed by atoms with Crippen LogP contribution in [0.3, 0.4) is 0 Å². The highest BCUT2D eigenvalue weighted by Gasteiger charge is 2.21. The first-order valence-electron chi connectivity index (χ1n) is 6.83. The van der Waals surface area contributed by atoms with Gasteiger partial charge in [-0.1, -0.05) is 24.0 Å². The van der Waals surface area contributed by atoms with Crippen LogP contribution in [0.4, 0.5) is 0 Å². The zero-order chi connectivity index (χ0) is 13.5. The lowest BCUT2D eigenvalue weighted by molar-refractivity contribution is 0.220. The molecule has 1 aliphatic rings. The highest BCUT2D eigenvalue weighted by atomic mass is 16.3. The Labute approximate surface area is 114 Å². The maximum Gasteiger partial charge on any atom is 0.0540 e. The largest absolute Gasteiger partial charge is 0.396 e. The fourth-order valence-corrected chi connectivity index (χ4v) is 2.38. The number of aliphatic hydroxyl groups is 2. The molecule has 1 fully saturated rings. The van der Waals surface area contributed by atoms with E-state index in [1.807, 2.05) is 12.1 Å². The topological polar surface area (TPSA) is 43.7 Å². The summed E-state index contributed by atoms with van der Waals surface area (Å²) in [6.07, 6.45) is 1.62. The Bertz CT molecular complexity index is 444. The lowest BCUT2D eigenvalue weighted by Crippen LogP contribution is -2.20. The molecule has 0 amide bonds. The van der Waals surface area contributed by atoms with Gasteiger partial charge in [0.25, 0.3) is 0 Å². The molecule has 0 saturated carbocycles. The molecule has 1 unspecified atom stereocenters. The number of aliphatic hydroxyl groups excluding tert-OH is 2. The van der Waals surface area contributed by atoms with E-state index in [0.29, 0.717) is 18.9 Å². The summed E-state index contributed by atoms with van der Waals surface area (Å²) in [6.45, 7) is 3.43. The van der Waals surface area contributed by atoms with E-state index in [4.69, 9.17) is 10.2 Å². The summed E-state index contributed by atoms with van der Waals surface area (Å²) in [5, 5.41) is 17.8. The molecule has 1 heterocycles.